The van der Waals surface area contributed by atoms with Crippen LogP contribution in [0.4, 0.5) is 0 Å². The first-order valence-corrected chi connectivity index (χ1v) is 9.12. The number of ether oxygens (including phenoxy) is 1. The zero-order valence-corrected chi connectivity index (χ0v) is 16.6. The average molecular weight is 363 g/mol. The van der Waals surface area contributed by atoms with Gasteiger partial charge in [-0.2, -0.15) is 0 Å². The molecule has 3 rings (SSSR count). The molecule has 26 heavy (non-hydrogen) atoms. The minimum atomic E-state index is 0. The van der Waals surface area contributed by atoms with Crippen LogP contribution in [0.5, 0.6) is 5.75 Å². The summed E-state index contributed by atoms with van der Waals surface area (Å²) in [7, 11) is 0. The van der Waals surface area contributed by atoms with Gasteiger partial charge >= 0.3 is 0 Å². The van der Waals surface area contributed by atoms with E-state index in [2.05, 4.69) is 49.4 Å². The summed E-state index contributed by atoms with van der Waals surface area (Å²) in [5.41, 5.74) is 4.90. The second-order valence-electron chi connectivity index (χ2n) is 6.36. The fourth-order valence-corrected chi connectivity index (χ4v) is 3.10. The Balaban J connectivity index is 0.00000243. The monoisotopic (exact) mass is 362 g/mol. The molecule has 3 aromatic rings. The number of para-hydroxylation sites is 1. The molecular weight excluding hydrogens is 336 g/mol. The Morgan fingerprint density at radius 3 is 2.38 bits per heavy atom. The summed E-state index contributed by atoms with van der Waals surface area (Å²) in [5.74, 6) is 2.01. The molecule has 4 radical (unpaired) electrons. The summed E-state index contributed by atoms with van der Waals surface area (Å²) in [6, 6.07) is 19.0. The third-order valence-corrected chi connectivity index (χ3v) is 4.57. The predicted molar refractivity (Wildman–Crippen MR) is 109 cm³/mol. The molecule has 134 valence electrons. The molecule has 0 bridgehead atoms. The Labute approximate surface area is 161 Å². The SMILES string of the molecule is CCCCc1cccc(-c2ccccc2)c1OCCc1ccoc1C.[Si]. The zero-order valence-electron chi connectivity index (χ0n) is 15.6. The lowest BCUT2D eigenvalue weighted by Gasteiger charge is -2.16. The standard InChI is InChI=1S/C23H26O2.Si/c1-3-4-9-21-12-8-13-22(20-10-6-5-7-11-20)23(21)25-17-15-19-14-16-24-18(19)2;/h5-8,10-14,16H,3-4,9,15,17H2,1-2H3;. The molecule has 0 saturated heterocycles. The Bertz CT molecular complexity index is 793. The van der Waals surface area contributed by atoms with E-state index in [0.717, 1.165) is 24.4 Å². The maximum atomic E-state index is 6.31. The molecule has 0 unspecified atom stereocenters. The smallest absolute Gasteiger partial charge is 0.130 e. The lowest BCUT2D eigenvalue weighted by molar-refractivity contribution is 0.318. The van der Waals surface area contributed by atoms with Crippen LogP contribution in [0, 0.1) is 6.92 Å². The number of aryl methyl sites for hydroxylation is 2. The van der Waals surface area contributed by atoms with Crippen LogP contribution in [0.25, 0.3) is 11.1 Å². The van der Waals surface area contributed by atoms with Crippen LogP contribution >= 0.6 is 0 Å². The Hall–Kier alpha value is -2.26. The average Bonchev–Trinajstić information content (AvgIpc) is 3.06. The van der Waals surface area contributed by atoms with Crippen molar-refractivity contribution in [1.82, 2.24) is 0 Å². The van der Waals surface area contributed by atoms with Gasteiger partial charge in [0.25, 0.3) is 0 Å². The summed E-state index contributed by atoms with van der Waals surface area (Å²) in [6.45, 7) is 4.88. The first-order chi connectivity index (χ1) is 12.3. The highest BCUT2D eigenvalue weighted by atomic mass is 28.1. The van der Waals surface area contributed by atoms with Gasteiger partial charge in [-0.25, -0.2) is 0 Å². The maximum absolute atomic E-state index is 6.31. The van der Waals surface area contributed by atoms with E-state index < -0.39 is 0 Å². The molecule has 1 heterocycles. The normalized spacial score (nSPS) is 10.4. The van der Waals surface area contributed by atoms with Gasteiger partial charge in [0.15, 0.2) is 0 Å². The van der Waals surface area contributed by atoms with E-state index in [4.69, 9.17) is 9.15 Å². The molecular formula is C23H26O2Si. The maximum Gasteiger partial charge on any atom is 0.130 e. The largest absolute Gasteiger partial charge is 0.492 e. The summed E-state index contributed by atoms with van der Waals surface area (Å²) in [4.78, 5) is 0. The molecule has 2 aromatic carbocycles. The van der Waals surface area contributed by atoms with Gasteiger partial charge in [0.05, 0.1) is 12.9 Å². The van der Waals surface area contributed by atoms with E-state index in [9.17, 15) is 0 Å². The summed E-state index contributed by atoms with van der Waals surface area (Å²) in [6.07, 6.45) is 6.02. The van der Waals surface area contributed by atoms with Crippen molar-refractivity contribution in [2.24, 2.45) is 0 Å². The van der Waals surface area contributed by atoms with Crippen LogP contribution in [0.1, 0.15) is 36.7 Å². The van der Waals surface area contributed by atoms with Crippen molar-refractivity contribution in [3.63, 3.8) is 0 Å². The van der Waals surface area contributed by atoms with Gasteiger partial charge in [0, 0.05) is 22.9 Å². The molecule has 0 N–H and O–H groups in total. The fraction of sp³-hybridized carbons (Fsp3) is 0.304. The minimum absolute atomic E-state index is 0. The van der Waals surface area contributed by atoms with Crippen molar-refractivity contribution in [3.8, 4) is 16.9 Å². The van der Waals surface area contributed by atoms with Crippen LogP contribution in [0.3, 0.4) is 0 Å². The Morgan fingerprint density at radius 2 is 1.69 bits per heavy atom. The van der Waals surface area contributed by atoms with Crippen molar-refractivity contribution < 1.29 is 9.15 Å². The van der Waals surface area contributed by atoms with Crippen LogP contribution in [-0.2, 0) is 12.8 Å². The highest BCUT2D eigenvalue weighted by molar-refractivity contribution is 5.75. The van der Waals surface area contributed by atoms with Gasteiger partial charge in [-0.05, 0) is 42.5 Å². The van der Waals surface area contributed by atoms with E-state index in [1.165, 1.54) is 35.1 Å². The van der Waals surface area contributed by atoms with Crippen molar-refractivity contribution in [1.29, 1.82) is 0 Å². The number of hydrogen-bond acceptors (Lipinski definition) is 2. The van der Waals surface area contributed by atoms with Gasteiger partial charge in [0.1, 0.15) is 11.5 Å². The van der Waals surface area contributed by atoms with Crippen LogP contribution < -0.4 is 4.74 Å². The van der Waals surface area contributed by atoms with Gasteiger partial charge in [-0.15, -0.1) is 0 Å². The summed E-state index contributed by atoms with van der Waals surface area (Å²) >= 11 is 0. The van der Waals surface area contributed by atoms with Crippen molar-refractivity contribution >= 4 is 11.0 Å². The van der Waals surface area contributed by atoms with E-state index in [0.29, 0.717) is 6.61 Å². The third kappa shape index (κ3) is 4.89. The lowest BCUT2D eigenvalue weighted by atomic mass is 9.98. The third-order valence-electron chi connectivity index (χ3n) is 4.57. The number of hydrogen-bond donors (Lipinski definition) is 0. The highest BCUT2D eigenvalue weighted by Crippen LogP contribution is 2.34. The predicted octanol–water partition coefficient (Wildman–Crippen LogP) is 5.84. The van der Waals surface area contributed by atoms with Crippen LogP contribution in [-0.4, -0.2) is 17.6 Å². The van der Waals surface area contributed by atoms with Crippen molar-refractivity contribution in [3.05, 3.63) is 77.7 Å². The number of furan rings is 1. The molecule has 0 aliphatic carbocycles. The summed E-state index contributed by atoms with van der Waals surface area (Å²) in [5, 5.41) is 0. The molecule has 0 saturated carbocycles. The minimum Gasteiger partial charge on any atom is -0.492 e. The van der Waals surface area contributed by atoms with Crippen molar-refractivity contribution in [2.45, 2.75) is 39.5 Å². The van der Waals surface area contributed by atoms with E-state index >= 15 is 0 Å². The molecule has 0 atom stereocenters. The Morgan fingerprint density at radius 1 is 0.885 bits per heavy atom. The number of benzene rings is 2. The Kier molecular flexibility index (Phi) is 7.73. The number of rotatable bonds is 8. The molecule has 0 aliphatic heterocycles. The quantitative estimate of drug-likeness (QED) is 0.470. The first-order valence-electron chi connectivity index (χ1n) is 9.12. The molecule has 0 fully saturated rings. The van der Waals surface area contributed by atoms with E-state index in [-0.39, 0.29) is 11.0 Å². The zero-order chi connectivity index (χ0) is 17.5. The van der Waals surface area contributed by atoms with Gasteiger partial charge in [-0.1, -0.05) is 61.9 Å². The van der Waals surface area contributed by atoms with Gasteiger partial charge in [0.2, 0.25) is 0 Å². The second-order valence-corrected chi connectivity index (χ2v) is 6.36. The topological polar surface area (TPSA) is 22.4 Å². The fourth-order valence-electron chi connectivity index (χ4n) is 3.10. The van der Waals surface area contributed by atoms with Crippen LogP contribution in [0.2, 0.25) is 0 Å². The van der Waals surface area contributed by atoms with Gasteiger partial charge in [-0.3, -0.25) is 0 Å². The van der Waals surface area contributed by atoms with Crippen LogP contribution in [0.15, 0.2) is 65.3 Å². The van der Waals surface area contributed by atoms with E-state index in [1.807, 2.05) is 19.1 Å². The second kappa shape index (κ2) is 10.0. The molecule has 3 heteroatoms. The lowest BCUT2D eigenvalue weighted by Crippen LogP contribution is -2.05. The van der Waals surface area contributed by atoms with E-state index in [1.54, 1.807) is 6.26 Å². The molecule has 0 spiro atoms. The summed E-state index contributed by atoms with van der Waals surface area (Å²) < 4.78 is 11.7. The molecule has 2 nitrogen and oxygen atoms in total. The number of unbranched alkanes of at least 4 members (excludes halogenated alkanes) is 1. The molecule has 1 aromatic heterocycles. The van der Waals surface area contributed by atoms with Crippen molar-refractivity contribution in [2.75, 3.05) is 6.61 Å². The molecule has 0 amide bonds. The first kappa shape index (κ1) is 20.1. The highest BCUT2D eigenvalue weighted by Gasteiger charge is 2.12. The van der Waals surface area contributed by atoms with Gasteiger partial charge < -0.3 is 9.15 Å². The molecule has 0 aliphatic rings.